The third kappa shape index (κ3) is 2.89. The van der Waals surface area contributed by atoms with Crippen molar-refractivity contribution in [2.24, 2.45) is 5.92 Å². The monoisotopic (exact) mass is 330 g/mol. The van der Waals surface area contributed by atoms with Gasteiger partial charge in [0.2, 0.25) is 5.91 Å². The van der Waals surface area contributed by atoms with Gasteiger partial charge >= 0.3 is 6.03 Å². The van der Waals surface area contributed by atoms with Gasteiger partial charge in [-0.3, -0.25) is 20.2 Å². The fraction of sp³-hybridized carbons (Fsp3) is 0.786. The van der Waals surface area contributed by atoms with Gasteiger partial charge in [0.1, 0.15) is 5.54 Å². The van der Waals surface area contributed by atoms with E-state index in [-0.39, 0.29) is 17.7 Å². The zero-order chi connectivity index (χ0) is 16.8. The molecule has 3 aliphatic rings. The molecule has 3 aliphatic heterocycles. The number of hydrogen-bond acceptors (Lipinski definition) is 4. The molecule has 0 aromatic rings. The summed E-state index contributed by atoms with van der Waals surface area (Å²) >= 11 is 0. The van der Waals surface area contributed by atoms with E-state index in [1.54, 1.807) is 11.8 Å². The van der Waals surface area contributed by atoms with Crippen molar-refractivity contribution in [1.29, 1.82) is 0 Å². The Hall–Kier alpha value is -1.77. The van der Waals surface area contributed by atoms with Gasteiger partial charge in [-0.15, -0.1) is 0 Å². The maximum atomic E-state index is 13.2. The summed E-state index contributed by atoms with van der Waals surface area (Å²) in [5.74, 6) is -3.59. The Balaban J connectivity index is 1.58. The van der Waals surface area contributed by atoms with Crippen molar-refractivity contribution < 1.29 is 23.2 Å². The number of rotatable bonds is 2. The Morgan fingerprint density at radius 3 is 2.39 bits per heavy atom. The average Bonchev–Trinajstić information content (AvgIpc) is 2.98. The van der Waals surface area contributed by atoms with Crippen LogP contribution in [0.25, 0.3) is 0 Å². The molecule has 0 spiro atoms. The highest BCUT2D eigenvalue weighted by Gasteiger charge is 2.49. The first-order valence-electron chi connectivity index (χ1n) is 7.75. The minimum absolute atomic E-state index is 0.0871. The first-order chi connectivity index (χ1) is 10.7. The molecular weight excluding hydrogens is 310 g/mol. The van der Waals surface area contributed by atoms with E-state index in [0.29, 0.717) is 25.9 Å². The van der Waals surface area contributed by atoms with Crippen LogP contribution in [0.3, 0.4) is 0 Å². The number of nitrogens with zero attached hydrogens (tertiary/aromatic N) is 1. The number of carbonyl (C=O) groups excluding carboxylic acids is 3. The minimum Gasteiger partial charge on any atom is -0.341 e. The van der Waals surface area contributed by atoms with E-state index in [9.17, 15) is 23.2 Å². The summed E-state index contributed by atoms with van der Waals surface area (Å²) in [6, 6.07) is -1.35. The molecule has 0 saturated carbocycles. The third-order valence-electron chi connectivity index (χ3n) is 5.10. The summed E-state index contributed by atoms with van der Waals surface area (Å²) in [6.45, 7) is 2.00. The molecule has 3 fully saturated rings. The second-order valence-electron chi connectivity index (χ2n) is 6.70. The second-order valence-corrected chi connectivity index (χ2v) is 6.70. The van der Waals surface area contributed by atoms with Crippen molar-refractivity contribution in [2.75, 3.05) is 19.6 Å². The third-order valence-corrected chi connectivity index (χ3v) is 5.10. The highest BCUT2D eigenvalue weighted by atomic mass is 19.3. The summed E-state index contributed by atoms with van der Waals surface area (Å²) in [7, 11) is 0. The predicted octanol–water partition coefficient (Wildman–Crippen LogP) is -0.180. The van der Waals surface area contributed by atoms with Crippen LogP contribution in [0.4, 0.5) is 13.6 Å². The Morgan fingerprint density at radius 2 is 1.91 bits per heavy atom. The van der Waals surface area contributed by atoms with Crippen molar-refractivity contribution in [1.82, 2.24) is 20.9 Å². The maximum absolute atomic E-state index is 13.2. The molecule has 4 amide bonds. The molecule has 0 radical (unpaired) electrons. The normalized spacial score (nSPS) is 34.4. The molecule has 9 heteroatoms. The van der Waals surface area contributed by atoms with Crippen LogP contribution in [0.15, 0.2) is 0 Å². The average molecular weight is 330 g/mol. The molecule has 0 aliphatic carbocycles. The van der Waals surface area contributed by atoms with E-state index in [4.69, 9.17) is 0 Å². The van der Waals surface area contributed by atoms with E-state index in [2.05, 4.69) is 16.0 Å². The largest absolute Gasteiger partial charge is 0.341 e. The number of halogens is 2. The Morgan fingerprint density at radius 1 is 1.26 bits per heavy atom. The fourth-order valence-corrected chi connectivity index (χ4v) is 3.63. The maximum Gasteiger partial charge on any atom is 0.322 e. The van der Waals surface area contributed by atoms with Gasteiger partial charge in [-0.2, -0.15) is 0 Å². The zero-order valence-corrected chi connectivity index (χ0v) is 12.8. The summed E-state index contributed by atoms with van der Waals surface area (Å²) in [5.41, 5.74) is -0.967. The van der Waals surface area contributed by atoms with E-state index in [0.717, 1.165) is 0 Å². The van der Waals surface area contributed by atoms with Crippen LogP contribution >= 0.6 is 0 Å². The molecule has 7 nitrogen and oxygen atoms in total. The van der Waals surface area contributed by atoms with Crippen LogP contribution in [-0.2, 0) is 9.59 Å². The molecule has 0 aromatic heterocycles. The summed E-state index contributed by atoms with van der Waals surface area (Å²) in [4.78, 5) is 37.1. The molecule has 3 saturated heterocycles. The highest BCUT2D eigenvalue weighted by molar-refractivity contribution is 6.07. The van der Waals surface area contributed by atoms with Gasteiger partial charge in [0, 0.05) is 19.5 Å². The molecule has 2 unspecified atom stereocenters. The lowest BCUT2D eigenvalue weighted by atomic mass is 9.79. The zero-order valence-electron chi connectivity index (χ0n) is 12.8. The number of urea groups is 1. The highest BCUT2D eigenvalue weighted by Crippen LogP contribution is 2.32. The summed E-state index contributed by atoms with van der Waals surface area (Å²) < 4.78 is 26.4. The van der Waals surface area contributed by atoms with Crippen molar-refractivity contribution in [3.63, 3.8) is 0 Å². The molecule has 3 N–H and O–H groups in total. The lowest BCUT2D eigenvalue weighted by Gasteiger charge is -2.39. The number of amides is 4. The van der Waals surface area contributed by atoms with Crippen molar-refractivity contribution in [2.45, 2.75) is 43.7 Å². The molecule has 128 valence electrons. The smallest absolute Gasteiger partial charge is 0.322 e. The van der Waals surface area contributed by atoms with Crippen molar-refractivity contribution in [3.8, 4) is 0 Å². The summed E-state index contributed by atoms with van der Waals surface area (Å²) in [5, 5.41) is 7.44. The number of hydrogen-bond donors (Lipinski definition) is 3. The number of piperidine rings is 1. The van der Waals surface area contributed by atoms with Crippen LogP contribution in [0.5, 0.6) is 0 Å². The van der Waals surface area contributed by atoms with Crippen LogP contribution in [-0.4, -0.2) is 59.9 Å². The molecule has 0 aromatic carbocycles. The standard InChI is InChI=1S/C14H20F2N4O3/c1-13(11(22)18-12(23)19-13)8-2-4-20(5-3-8)10(21)9-6-14(15,16)7-17-9/h8-9,17H,2-7H2,1H3,(H2,18,19,22,23). The van der Waals surface area contributed by atoms with E-state index in [1.165, 1.54) is 0 Å². The van der Waals surface area contributed by atoms with Crippen molar-refractivity contribution >= 4 is 17.8 Å². The first kappa shape index (κ1) is 16.1. The van der Waals surface area contributed by atoms with Crippen molar-refractivity contribution in [3.05, 3.63) is 0 Å². The molecule has 2 atom stereocenters. The van der Waals surface area contributed by atoms with E-state index >= 15 is 0 Å². The number of carbonyl (C=O) groups is 3. The Kier molecular flexibility index (Phi) is 3.78. The van der Waals surface area contributed by atoms with E-state index < -0.39 is 36.5 Å². The van der Waals surface area contributed by atoms with Crippen LogP contribution in [0.2, 0.25) is 0 Å². The first-order valence-corrected chi connectivity index (χ1v) is 7.75. The van der Waals surface area contributed by atoms with Crippen LogP contribution in [0.1, 0.15) is 26.2 Å². The van der Waals surface area contributed by atoms with Crippen LogP contribution < -0.4 is 16.0 Å². The van der Waals surface area contributed by atoms with Gasteiger partial charge in [-0.1, -0.05) is 0 Å². The predicted molar refractivity (Wildman–Crippen MR) is 75.7 cm³/mol. The number of likely N-dealkylation sites (tertiary alicyclic amines) is 1. The molecule has 0 bridgehead atoms. The number of nitrogens with one attached hydrogen (secondary N) is 3. The fourth-order valence-electron chi connectivity index (χ4n) is 3.63. The number of imide groups is 1. The molecule has 23 heavy (non-hydrogen) atoms. The van der Waals surface area contributed by atoms with Gasteiger partial charge < -0.3 is 10.2 Å². The SMILES string of the molecule is CC1(C2CCN(C(=O)C3CC(F)(F)CN3)CC2)NC(=O)NC1=O. The lowest BCUT2D eigenvalue weighted by Crippen LogP contribution is -2.55. The van der Waals surface area contributed by atoms with Gasteiger partial charge in [0.25, 0.3) is 11.8 Å². The molecular formula is C14H20F2N4O3. The van der Waals surface area contributed by atoms with Crippen LogP contribution in [0, 0.1) is 5.92 Å². The van der Waals surface area contributed by atoms with Gasteiger partial charge in [0.05, 0.1) is 12.6 Å². The number of alkyl halides is 2. The topological polar surface area (TPSA) is 90.5 Å². The molecule has 3 rings (SSSR count). The summed E-state index contributed by atoms with van der Waals surface area (Å²) in [6.07, 6.45) is 0.611. The molecule has 3 heterocycles. The second kappa shape index (κ2) is 5.40. The van der Waals surface area contributed by atoms with Gasteiger partial charge in [-0.05, 0) is 25.7 Å². The quantitative estimate of drug-likeness (QED) is 0.613. The lowest BCUT2D eigenvalue weighted by molar-refractivity contribution is -0.136. The van der Waals surface area contributed by atoms with Gasteiger partial charge in [-0.25, -0.2) is 13.6 Å². The van der Waals surface area contributed by atoms with E-state index in [1.807, 2.05) is 0 Å². The Bertz CT molecular complexity index is 548. The Labute approximate surface area is 132 Å². The minimum atomic E-state index is -2.83. The van der Waals surface area contributed by atoms with Gasteiger partial charge in [0.15, 0.2) is 0 Å².